The van der Waals surface area contributed by atoms with Crippen molar-refractivity contribution in [1.82, 2.24) is 14.8 Å². The molecule has 0 radical (unpaired) electrons. The van der Waals surface area contributed by atoms with Gasteiger partial charge in [0.2, 0.25) is 0 Å². The summed E-state index contributed by atoms with van der Waals surface area (Å²) in [5, 5.41) is 11.2. The van der Waals surface area contributed by atoms with E-state index in [-0.39, 0.29) is 5.41 Å². The molecule has 0 unspecified atom stereocenters. The number of rotatable bonds is 5. The first-order valence-corrected chi connectivity index (χ1v) is 12.2. The molecule has 0 fully saturated rings. The maximum Gasteiger partial charge on any atom is 0.196 e. The molecule has 1 heterocycles. The second-order valence-corrected chi connectivity index (χ2v) is 10.6. The minimum Gasteiger partial charge on any atom is -0.270 e. The van der Waals surface area contributed by atoms with Crippen molar-refractivity contribution in [3.8, 4) is 17.1 Å². The highest BCUT2D eigenvalue weighted by atomic mass is 35.5. The first-order valence-electron chi connectivity index (χ1n) is 10.4. The Morgan fingerprint density at radius 1 is 0.875 bits per heavy atom. The van der Waals surface area contributed by atoms with Gasteiger partial charge in [-0.15, -0.1) is 10.2 Å². The zero-order valence-corrected chi connectivity index (χ0v) is 20.9. The Morgan fingerprint density at radius 3 is 2.19 bits per heavy atom. The second-order valence-electron chi connectivity index (χ2n) is 8.83. The van der Waals surface area contributed by atoms with Crippen LogP contribution in [-0.2, 0) is 11.2 Å². The number of hydrogen-bond acceptors (Lipinski definition) is 3. The molecule has 6 heteroatoms. The average Bonchev–Trinajstić information content (AvgIpc) is 3.17. The van der Waals surface area contributed by atoms with E-state index in [9.17, 15) is 0 Å². The van der Waals surface area contributed by atoms with E-state index in [0.717, 1.165) is 27.8 Å². The second kappa shape index (κ2) is 9.30. The Labute approximate surface area is 203 Å². The van der Waals surface area contributed by atoms with Crippen molar-refractivity contribution in [2.24, 2.45) is 0 Å². The van der Waals surface area contributed by atoms with Crippen LogP contribution in [0.15, 0.2) is 71.9 Å². The Kier molecular flexibility index (Phi) is 6.66. The number of nitrogens with zero attached hydrogens (tertiary/aromatic N) is 3. The highest BCUT2D eigenvalue weighted by Gasteiger charge is 2.18. The van der Waals surface area contributed by atoms with E-state index in [1.165, 1.54) is 11.1 Å². The van der Waals surface area contributed by atoms with Crippen LogP contribution in [0.25, 0.3) is 17.1 Å². The van der Waals surface area contributed by atoms with Gasteiger partial charge >= 0.3 is 0 Å². The van der Waals surface area contributed by atoms with Gasteiger partial charge in [-0.3, -0.25) is 4.57 Å². The normalized spacial score (nSPS) is 11.7. The Bertz CT molecular complexity index is 1220. The fourth-order valence-corrected chi connectivity index (χ4v) is 4.89. The molecule has 164 valence electrons. The highest BCUT2D eigenvalue weighted by Crippen LogP contribution is 2.33. The van der Waals surface area contributed by atoms with Gasteiger partial charge < -0.3 is 0 Å². The predicted molar refractivity (Wildman–Crippen MR) is 136 cm³/mol. The fraction of sp³-hybridized carbons (Fsp3) is 0.231. The van der Waals surface area contributed by atoms with E-state index in [2.05, 4.69) is 91.0 Å². The van der Waals surface area contributed by atoms with Crippen LogP contribution in [0.4, 0.5) is 0 Å². The number of benzene rings is 3. The molecule has 4 aromatic rings. The smallest absolute Gasteiger partial charge is 0.196 e. The molecule has 3 nitrogen and oxygen atoms in total. The average molecular weight is 482 g/mol. The third-order valence-electron chi connectivity index (χ3n) is 5.31. The molecular weight excluding hydrogens is 457 g/mol. The Morgan fingerprint density at radius 2 is 1.56 bits per heavy atom. The van der Waals surface area contributed by atoms with Crippen LogP contribution < -0.4 is 0 Å². The maximum atomic E-state index is 6.38. The van der Waals surface area contributed by atoms with Crippen molar-refractivity contribution in [3.63, 3.8) is 0 Å². The van der Waals surface area contributed by atoms with Crippen molar-refractivity contribution >= 4 is 35.0 Å². The fourth-order valence-electron chi connectivity index (χ4n) is 3.38. The molecule has 0 aliphatic heterocycles. The van der Waals surface area contributed by atoms with E-state index in [0.29, 0.717) is 15.8 Å². The molecule has 0 bridgehead atoms. The predicted octanol–water partition coefficient (Wildman–Crippen LogP) is 8.14. The van der Waals surface area contributed by atoms with Gasteiger partial charge in [-0.2, -0.15) is 0 Å². The van der Waals surface area contributed by atoms with Crippen LogP contribution in [-0.4, -0.2) is 14.8 Å². The van der Waals surface area contributed by atoms with E-state index >= 15 is 0 Å². The van der Waals surface area contributed by atoms with E-state index in [4.69, 9.17) is 23.2 Å². The van der Waals surface area contributed by atoms with Crippen molar-refractivity contribution in [1.29, 1.82) is 0 Å². The number of aromatic nitrogens is 3. The standard InChI is InChI=1S/C26H25Cl2N3S/c1-17-5-13-22(14-6-17)31-24(18-7-10-20(11-8-18)26(2,3)4)29-30-25(31)32-16-19-9-12-21(27)15-23(19)28/h5-15H,16H2,1-4H3. The van der Waals surface area contributed by atoms with Gasteiger partial charge in [-0.1, -0.05) is 104 Å². The molecule has 0 saturated carbocycles. The molecule has 0 aliphatic carbocycles. The first kappa shape index (κ1) is 22.9. The van der Waals surface area contributed by atoms with Crippen LogP contribution >= 0.6 is 35.0 Å². The monoisotopic (exact) mass is 481 g/mol. The topological polar surface area (TPSA) is 30.7 Å². The van der Waals surface area contributed by atoms with Crippen molar-refractivity contribution in [2.45, 2.75) is 44.0 Å². The highest BCUT2D eigenvalue weighted by molar-refractivity contribution is 7.98. The zero-order valence-electron chi connectivity index (χ0n) is 18.6. The van der Waals surface area contributed by atoms with Gasteiger partial charge in [-0.05, 0) is 47.7 Å². The summed E-state index contributed by atoms with van der Waals surface area (Å²) in [6.07, 6.45) is 0. The summed E-state index contributed by atoms with van der Waals surface area (Å²) in [5.74, 6) is 1.49. The molecule has 32 heavy (non-hydrogen) atoms. The number of halogens is 2. The van der Waals surface area contributed by atoms with Crippen LogP contribution in [0.2, 0.25) is 10.0 Å². The van der Waals surface area contributed by atoms with Gasteiger partial charge in [0.1, 0.15) is 0 Å². The SMILES string of the molecule is Cc1ccc(-n2c(SCc3ccc(Cl)cc3Cl)nnc2-c2ccc(C(C)(C)C)cc2)cc1. The third-order valence-corrected chi connectivity index (χ3v) is 6.87. The summed E-state index contributed by atoms with van der Waals surface area (Å²) in [6.45, 7) is 8.73. The summed E-state index contributed by atoms with van der Waals surface area (Å²) in [5.41, 5.74) is 5.66. The maximum absolute atomic E-state index is 6.38. The lowest BCUT2D eigenvalue weighted by molar-refractivity contribution is 0.590. The third kappa shape index (κ3) is 5.03. The zero-order chi connectivity index (χ0) is 22.9. The minimum absolute atomic E-state index is 0.0992. The lowest BCUT2D eigenvalue weighted by atomic mass is 9.87. The summed E-state index contributed by atoms with van der Waals surface area (Å²) in [7, 11) is 0. The summed E-state index contributed by atoms with van der Waals surface area (Å²) in [4.78, 5) is 0. The van der Waals surface area contributed by atoms with Gasteiger partial charge in [0, 0.05) is 27.0 Å². The quantitative estimate of drug-likeness (QED) is 0.269. The molecule has 0 aliphatic rings. The number of aryl methyl sites for hydroxylation is 1. The lowest BCUT2D eigenvalue weighted by Crippen LogP contribution is -2.10. The van der Waals surface area contributed by atoms with Crippen molar-refractivity contribution in [2.75, 3.05) is 0 Å². The number of thioether (sulfide) groups is 1. The van der Waals surface area contributed by atoms with E-state index in [1.54, 1.807) is 17.8 Å². The summed E-state index contributed by atoms with van der Waals surface area (Å²) >= 11 is 14.0. The largest absolute Gasteiger partial charge is 0.270 e. The Balaban J connectivity index is 1.72. The number of hydrogen-bond donors (Lipinski definition) is 0. The molecule has 1 aromatic heterocycles. The van der Waals surface area contributed by atoms with Gasteiger partial charge in [0.15, 0.2) is 11.0 Å². The van der Waals surface area contributed by atoms with E-state index < -0.39 is 0 Å². The molecule has 3 aromatic carbocycles. The molecule has 0 amide bonds. The van der Waals surface area contributed by atoms with Crippen LogP contribution in [0.1, 0.15) is 37.5 Å². The van der Waals surface area contributed by atoms with Crippen LogP contribution in [0.5, 0.6) is 0 Å². The van der Waals surface area contributed by atoms with Crippen LogP contribution in [0, 0.1) is 6.92 Å². The summed E-state index contributed by atoms with van der Waals surface area (Å²) in [6, 6.07) is 22.6. The molecule has 4 rings (SSSR count). The van der Waals surface area contributed by atoms with Crippen molar-refractivity contribution < 1.29 is 0 Å². The molecular formula is C26H25Cl2N3S. The first-order chi connectivity index (χ1) is 15.2. The molecule has 0 N–H and O–H groups in total. The van der Waals surface area contributed by atoms with Gasteiger partial charge in [0.25, 0.3) is 0 Å². The lowest BCUT2D eigenvalue weighted by Gasteiger charge is -2.19. The molecule has 0 spiro atoms. The van der Waals surface area contributed by atoms with E-state index in [1.807, 2.05) is 12.1 Å². The van der Waals surface area contributed by atoms with Gasteiger partial charge in [0.05, 0.1) is 0 Å². The van der Waals surface area contributed by atoms with Gasteiger partial charge in [-0.25, -0.2) is 0 Å². The molecule has 0 saturated heterocycles. The molecule has 0 atom stereocenters. The Hall–Kier alpha value is -2.27. The summed E-state index contributed by atoms with van der Waals surface area (Å²) < 4.78 is 2.11. The van der Waals surface area contributed by atoms with Crippen LogP contribution in [0.3, 0.4) is 0 Å². The van der Waals surface area contributed by atoms with Crippen molar-refractivity contribution in [3.05, 3.63) is 93.5 Å². The minimum atomic E-state index is 0.0992.